The van der Waals surface area contributed by atoms with Crippen molar-refractivity contribution in [3.63, 3.8) is 0 Å². The number of hydrogen-bond acceptors (Lipinski definition) is 0. The van der Waals surface area contributed by atoms with Crippen molar-refractivity contribution >= 4 is 37.2 Å². The first-order valence-electron chi connectivity index (χ1n) is 0. The van der Waals surface area contributed by atoms with Crippen LogP contribution in [0.3, 0.4) is 0 Å². The molecule has 0 saturated carbocycles. The zero-order valence-corrected chi connectivity index (χ0v) is 6.15. The SMILES string of the molecule is Cl.Cl.Cl.[Tb]. The van der Waals surface area contributed by atoms with Gasteiger partial charge in [0.25, 0.3) is 0 Å². The molecule has 0 rings (SSSR count). The maximum absolute atomic E-state index is 0. The molecule has 0 N–H and O–H groups in total. The van der Waals surface area contributed by atoms with Crippen LogP contribution < -0.4 is 0 Å². The van der Waals surface area contributed by atoms with Crippen LogP contribution in [-0.2, 0) is 0 Å². The van der Waals surface area contributed by atoms with E-state index in [2.05, 4.69) is 0 Å². The molecule has 0 aromatic carbocycles. The quantitative estimate of drug-likeness (QED) is 0.620. The van der Waals surface area contributed by atoms with E-state index in [0.717, 1.165) is 0 Å². The zero-order chi connectivity index (χ0) is 0. The van der Waals surface area contributed by atoms with Crippen molar-refractivity contribution in [3.8, 4) is 0 Å². The van der Waals surface area contributed by atoms with Gasteiger partial charge in [0.2, 0.25) is 0 Å². The van der Waals surface area contributed by atoms with Crippen LogP contribution in [-0.4, -0.2) is 0 Å². The summed E-state index contributed by atoms with van der Waals surface area (Å²) in [5.41, 5.74) is 0. The fourth-order valence-electron chi connectivity index (χ4n) is 0. The van der Waals surface area contributed by atoms with Crippen LogP contribution >= 0.6 is 37.2 Å². The van der Waals surface area contributed by atoms with Gasteiger partial charge in [-0.05, 0) is 0 Å². The Hall–Kier alpha value is 2.16. The van der Waals surface area contributed by atoms with Crippen molar-refractivity contribution in [1.29, 1.82) is 0 Å². The van der Waals surface area contributed by atoms with Crippen molar-refractivity contribution in [2.45, 2.75) is 0 Å². The van der Waals surface area contributed by atoms with E-state index in [-0.39, 0.29) is 75.8 Å². The molecular weight excluding hydrogens is 265 g/mol. The largest absolute Gasteiger partial charge is 0.147 e. The first-order chi connectivity index (χ1) is 0. The normalized spacial score (nSPS) is 0. The van der Waals surface area contributed by atoms with E-state index in [1.165, 1.54) is 0 Å². The van der Waals surface area contributed by atoms with Crippen molar-refractivity contribution < 1.29 is 38.6 Å². The van der Waals surface area contributed by atoms with Crippen LogP contribution in [0.1, 0.15) is 0 Å². The molecule has 0 aliphatic heterocycles. The van der Waals surface area contributed by atoms with E-state index in [4.69, 9.17) is 0 Å². The second-order valence-electron chi connectivity index (χ2n) is 0. The maximum Gasteiger partial charge on any atom is 0 e. The smallest absolute Gasteiger partial charge is 0 e. The van der Waals surface area contributed by atoms with Crippen LogP contribution in [0.15, 0.2) is 0 Å². The second-order valence-corrected chi connectivity index (χ2v) is 0. The molecule has 0 aliphatic carbocycles. The average Bonchev–Trinajstić information content (AvgIpc) is 0. The van der Waals surface area contributed by atoms with Gasteiger partial charge in [-0.3, -0.25) is 0 Å². The Morgan fingerprint density at radius 3 is 0.500 bits per heavy atom. The Kier molecular flexibility index (Phi) is 169. The van der Waals surface area contributed by atoms with Gasteiger partial charge in [-0.15, -0.1) is 37.2 Å². The molecular formula is H3Cl3Tb. The van der Waals surface area contributed by atoms with Gasteiger partial charge < -0.3 is 0 Å². The summed E-state index contributed by atoms with van der Waals surface area (Å²) in [5, 5.41) is 0. The minimum atomic E-state index is 0. The molecule has 33 valence electrons. The van der Waals surface area contributed by atoms with Gasteiger partial charge in [-0.25, -0.2) is 0 Å². The summed E-state index contributed by atoms with van der Waals surface area (Å²) in [6.07, 6.45) is 0. The average molecular weight is 268 g/mol. The summed E-state index contributed by atoms with van der Waals surface area (Å²) < 4.78 is 0. The molecule has 0 aliphatic rings. The molecule has 0 spiro atoms. The van der Waals surface area contributed by atoms with Crippen molar-refractivity contribution in [1.82, 2.24) is 0 Å². The zero-order valence-electron chi connectivity index (χ0n) is 1.56. The first kappa shape index (κ1) is 35.2. The third-order valence-corrected chi connectivity index (χ3v) is 0. The third kappa shape index (κ3) is 8.91. The molecule has 0 atom stereocenters. The standard InChI is InChI=1S/3ClH.Tb/h3*1H;. The van der Waals surface area contributed by atoms with Crippen molar-refractivity contribution in [2.24, 2.45) is 0 Å². The molecule has 0 unspecified atom stereocenters. The third-order valence-electron chi connectivity index (χ3n) is 0. The Bertz CT molecular complexity index is 3.25. The van der Waals surface area contributed by atoms with Gasteiger partial charge in [0.15, 0.2) is 0 Å². The Morgan fingerprint density at radius 1 is 0.500 bits per heavy atom. The molecule has 0 aromatic rings. The summed E-state index contributed by atoms with van der Waals surface area (Å²) in [6.45, 7) is 0. The summed E-state index contributed by atoms with van der Waals surface area (Å²) >= 11 is 0. The van der Waals surface area contributed by atoms with Crippen molar-refractivity contribution in [2.75, 3.05) is 0 Å². The second kappa shape index (κ2) is 19.2. The predicted molar refractivity (Wildman–Crippen MR) is 21.7 cm³/mol. The minimum absolute atomic E-state index is 0. The van der Waals surface area contributed by atoms with Crippen LogP contribution in [0, 0.1) is 38.6 Å². The predicted octanol–water partition coefficient (Wildman–Crippen LogP) is 1.27. The molecule has 4 heteroatoms. The molecule has 1 radical (unpaired) electrons. The van der Waals surface area contributed by atoms with Gasteiger partial charge >= 0.3 is 0 Å². The van der Waals surface area contributed by atoms with E-state index in [0.29, 0.717) is 0 Å². The minimum Gasteiger partial charge on any atom is -0.147 e. The monoisotopic (exact) mass is 267 g/mol. The van der Waals surface area contributed by atoms with Crippen LogP contribution in [0.2, 0.25) is 0 Å². The fourth-order valence-corrected chi connectivity index (χ4v) is 0. The molecule has 0 saturated heterocycles. The number of halogens is 3. The van der Waals surface area contributed by atoms with E-state index in [1.807, 2.05) is 0 Å². The number of hydrogen-bond donors (Lipinski definition) is 0. The molecule has 0 amide bonds. The van der Waals surface area contributed by atoms with E-state index < -0.39 is 0 Å². The topological polar surface area (TPSA) is 0 Å². The van der Waals surface area contributed by atoms with Gasteiger partial charge in [-0.2, -0.15) is 0 Å². The van der Waals surface area contributed by atoms with Crippen molar-refractivity contribution in [3.05, 3.63) is 0 Å². The summed E-state index contributed by atoms with van der Waals surface area (Å²) in [4.78, 5) is 0. The molecule has 0 nitrogen and oxygen atoms in total. The van der Waals surface area contributed by atoms with Gasteiger partial charge in [-0.1, -0.05) is 0 Å². The first-order valence-corrected chi connectivity index (χ1v) is 0. The Labute approximate surface area is 74.8 Å². The van der Waals surface area contributed by atoms with E-state index >= 15 is 0 Å². The number of rotatable bonds is 0. The van der Waals surface area contributed by atoms with Crippen LogP contribution in [0.5, 0.6) is 0 Å². The molecule has 0 aromatic heterocycles. The van der Waals surface area contributed by atoms with Gasteiger partial charge in [0.05, 0.1) is 0 Å². The van der Waals surface area contributed by atoms with Crippen LogP contribution in [0.4, 0.5) is 0 Å². The van der Waals surface area contributed by atoms with E-state index in [9.17, 15) is 0 Å². The molecule has 0 fully saturated rings. The Morgan fingerprint density at radius 2 is 0.500 bits per heavy atom. The summed E-state index contributed by atoms with van der Waals surface area (Å²) in [6, 6.07) is 0. The Balaban J connectivity index is 0. The van der Waals surface area contributed by atoms with Gasteiger partial charge in [0, 0.05) is 38.6 Å². The van der Waals surface area contributed by atoms with Crippen LogP contribution in [0.25, 0.3) is 0 Å². The van der Waals surface area contributed by atoms with Gasteiger partial charge in [0.1, 0.15) is 0 Å². The molecule has 4 heavy (non-hydrogen) atoms. The molecule has 0 heterocycles. The molecule has 0 bridgehead atoms. The fraction of sp³-hybridized carbons (Fsp3) is 0. The summed E-state index contributed by atoms with van der Waals surface area (Å²) in [7, 11) is 0. The summed E-state index contributed by atoms with van der Waals surface area (Å²) in [5.74, 6) is 0. The van der Waals surface area contributed by atoms with E-state index in [1.54, 1.807) is 0 Å². The maximum atomic E-state index is 0.